The monoisotopic (exact) mass is 224 g/mol. The first-order valence-electron chi connectivity index (χ1n) is 5.67. The van der Waals surface area contributed by atoms with Gasteiger partial charge in [0, 0.05) is 19.6 Å². The van der Waals surface area contributed by atoms with Crippen LogP contribution in [0.4, 0.5) is 10.2 Å². The molecule has 2 heterocycles. The highest BCUT2D eigenvalue weighted by Gasteiger charge is 2.23. The van der Waals surface area contributed by atoms with E-state index in [2.05, 4.69) is 15.3 Å². The van der Waals surface area contributed by atoms with Gasteiger partial charge in [-0.05, 0) is 19.4 Å². The van der Waals surface area contributed by atoms with Crippen molar-refractivity contribution >= 4 is 5.82 Å². The van der Waals surface area contributed by atoms with Gasteiger partial charge in [0.2, 0.25) is 0 Å². The predicted molar refractivity (Wildman–Crippen MR) is 61.0 cm³/mol. The van der Waals surface area contributed by atoms with Crippen LogP contribution in [0.15, 0.2) is 6.33 Å². The molecule has 1 N–H and O–H groups in total. The number of hydrogen-bond acceptors (Lipinski definition) is 4. The normalized spacial score (nSPS) is 20.1. The highest BCUT2D eigenvalue weighted by atomic mass is 19.1. The molecule has 1 aliphatic heterocycles. The lowest BCUT2D eigenvalue weighted by molar-refractivity contribution is 0.573. The molecule has 0 aromatic carbocycles. The fourth-order valence-corrected chi connectivity index (χ4v) is 2.03. The van der Waals surface area contributed by atoms with E-state index in [1.54, 1.807) is 0 Å². The quantitative estimate of drug-likeness (QED) is 0.831. The van der Waals surface area contributed by atoms with E-state index in [9.17, 15) is 4.39 Å². The Bertz CT molecular complexity index is 363. The van der Waals surface area contributed by atoms with Crippen LogP contribution < -0.4 is 10.2 Å². The predicted octanol–water partition coefficient (Wildman–Crippen LogP) is 0.976. The van der Waals surface area contributed by atoms with E-state index >= 15 is 0 Å². The van der Waals surface area contributed by atoms with Crippen LogP contribution in [0.25, 0.3) is 0 Å². The lowest BCUT2D eigenvalue weighted by Crippen LogP contribution is -2.34. The molecule has 1 saturated heterocycles. The number of hydrogen-bond donors (Lipinski definition) is 1. The average molecular weight is 224 g/mol. The summed E-state index contributed by atoms with van der Waals surface area (Å²) in [6, 6.07) is 0.328. The summed E-state index contributed by atoms with van der Waals surface area (Å²) < 4.78 is 14.0. The topological polar surface area (TPSA) is 41.1 Å². The van der Waals surface area contributed by atoms with E-state index in [1.165, 1.54) is 6.33 Å². The van der Waals surface area contributed by atoms with Gasteiger partial charge in [-0.1, -0.05) is 6.92 Å². The van der Waals surface area contributed by atoms with E-state index in [0.717, 1.165) is 19.5 Å². The summed E-state index contributed by atoms with van der Waals surface area (Å²) in [4.78, 5) is 9.89. The Hall–Kier alpha value is -1.23. The van der Waals surface area contributed by atoms with Crippen molar-refractivity contribution in [3.8, 4) is 0 Å². The van der Waals surface area contributed by atoms with Crippen LogP contribution in [0, 0.1) is 5.82 Å². The van der Waals surface area contributed by atoms with Gasteiger partial charge in [0.15, 0.2) is 11.6 Å². The first-order chi connectivity index (χ1) is 7.74. The molecular weight excluding hydrogens is 207 g/mol. The first-order valence-corrected chi connectivity index (χ1v) is 5.67. The molecule has 4 nitrogen and oxygen atoms in total. The minimum Gasteiger partial charge on any atom is -0.353 e. The summed E-state index contributed by atoms with van der Waals surface area (Å²) in [5.41, 5.74) is 0.489. The molecule has 0 bridgehead atoms. The number of aryl methyl sites for hydroxylation is 1. The zero-order valence-corrected chi connectivity index (χ0v) is 9.70. The van der Waals surface area contributed by atoms with Gasteiger partial charge in [0.1, 0.15) is 6.33 Å². The zero-order valence-electron chi connectivity index (χ0n) is 9.70. The minimum atomic E-state index is -0.278. The Kier molecular flexibility index (Phi) is 3.33. The standard InChI is InChI=1S/C11H17FN4/c1-3-9-10(12)11(15-7-14-9)16(2)8-4-5-13-6-8/h7-8,13H,3-6H2,1-2H3. The molecule has 0 amide bonds. The van der Waals surface area contributed by atoms with Crippen molar-refractivity contribution in [2.24, 2.45) is 0 Å². The van der Waals surface area contributed by atoms with Crippen molar-refractivity contribution in [1.82, 2.24) is 15.3 Å². The Balaban J connectivity index is 2.25. The summed E-state index contributed by atoms with van der Waals surface area (Å²) >= 11 is 0. The molecule has 1 fully saturated rings. The maximum absolute atomic E-state index is 14.0. The third-order valence-corrected chi connectivity index (χ3v) is 3.09. The molecule has 88 valence electrons. The Labute approximate surface area is 94.9 Å². The average Bonchev–Trinajstić information content (AvgIpc) is 2.82. The van der Waals surface area contributed by atoms with Crippen molar-refractivity contribution in [2.75, 3.05) is 25.0 Å². The highest BCUT2D eigenvalue weighted by Crippen LogP contribution is 2.20. The fraction of sp³-hybridized carbons (Fsp3) is 0.636. The third kappa shape index (κ3) is 2.00. The van der Waals surface area contributed by atoms with Gasteiger partial charge in [-0.15, -0.1) is 0 Å². The molecule has 5 heteroatoms. The third-order valence-electron chi connectivity index (χ3n) is 3.09. The van der Waals surface area contributed by atoms with E-state index in [1.807, 2.05) is 18.9 Å². The Morgan fingerprint density at radius 1 is 1.56 bits per heavy atom. The number of nitrogens with one attached hydrogen (secondary N) is 1. The largest absolute Gasteiger partial charge is 0.353 e. The van der Waals surface area contributed by atoms with Crippen molar-refractivity contribution in [2.45, 2.75) is 25.8 Å². The van der Waals surface area contributed by atoms with E-state index in [-0.39, 0.29) is 5.82 Å². The lowest BCUT2D eigenvalue weighted by atomic mass is 10.2. The highest BCUT2D eigenvalue weighted by molar-refractivity contribution is 5.41. The molecular formula is C11H17FN4. The number of halogens is 1. The molecule has 2 rings (SSSR count). The Morgan fingerprint density at radius 2 is 2.38 bits per heavy atom. The van der Waals surface area contributed by atoms with Crippen LogP contribution in [0.5, 0.6) is 0 Å². The maximum Gasteiger partial charge on any atom is 0.187 e. The summed E-state index contributed by atoms with van der Waals surface area (Å²) in [7, 11) is 1.89. The molecule has 0 aliphatic carbocycles. The number of rotatable bonds is 3. The second-order valence-corrected chi connectivity index (χ2v) is 4.07. The molecule has 0 saturated carbocycles. The van der Waals surface area contributed by atoms with Gasteiger partial charge >= 0.3 is 0 Å². The van der Waals surface area contributed by atoms with Crippen LogP contribution in [-0.2, 0) is 6.42 Å². The summed E-state index contributed by atoms with van der Waals surface area (Å²) in [5, 5.41) is 3.26. The molecule has 0 radical (unpaired) electrons. The van der Waals surface area contributed by atoms with Crippen molar-refractivity contribution in [3.05, 3.63) is 17.8 Å². The second kappa shape index (κ2) is 4.74. The van der Waals surface area contributed by atoms with Crippen LogP contribution in [-0.4, -0.2) is 36.1 Å². The summed E-state index contributed by atoms with van der Waals surface area (Å²) in [5.74, 6) is 0.139. The second-order valence-electron chi connectivity index (χ2n) is 4.07. The zero-order chi connectivity index (χ0) is 11.5. The lowest BCUT2D eigenvalue weighted by Gasteiger charge is -2.25. The first kappa shape index (κ1) is 11.3. The molecule has 1 aliphatic rings. The van der Waals surface area contributed by atoms with E-state index < -0.39 is 0 Å². The van der Waals surface area contributed by atoms with Crippen LogP contribution in [0.3, 0.4) is 0 Å². The summed E-state index contributed by atoms with van der Waals surface area (Å²) in [6.45, 7) is 3.77. The van der Waals surface area contributed by atoms with Crippen molar-refractivity contribution in [1.29, 1.82) is 0 Å². The van der Waals surface area contributed by atoms with Gasteiger partial charge in [-0.2, -0.15) is 0 Å². The number of likely N-dealkylation sites (N-methyl/N-ethyl adjacent to an activating group) is 1. The summed E-state index contributed by atoms with van der Waals surface area (Å²) in [6.07, 6.45) is 3.07. The minimum absolute atomic E-state index is 0.278. The molecule has 1 unspecified atom stereocenters. The van der Waals surface area contributed by atoms with Crippen molar-refractivity contribution < 1.29 is 4.39 Å². The molecule has 16 heavy (non-hydrogen) atoms. The fourth-order valence-electron chi connectivity index (χ4n) is 2.03. The van der Waals surface area contributed by atoms with Gasteiger partial charge in [-0.3, -0.25) is 0 Å². The molecule has 1 aromatic heterocycles. The number of nitrogens with zero attached hydrogens (tertiary/aromatic N) is 3. The van der Waals surface area contributed by atoms with Crippen molar-refractivity contribution in [3.63, 3.8) is 0 Å². The molecule has 1 aromatic rings. The van der Waals surface area contributed by atoms with Gasteiger partial charge in [-0.25, -0.2) is 14.4 Å². The van der Waals surface area contributed by atoms with Gasteiger partial charge in [0.25, 0.3) is 0 Å². The molecule has 1 atom stereocenters. The van der Waals surface area contributed by atoms with Crippen LogP contribution in [0.2, 0.25) is 0 Å². The maximum atomic E-state index is 14.0. The number of aromatic nitrogens is 2. The Morgan fingerprint density at radius 3 is 3.00 bits per heavy atom. The van der Waals surface area contributed by atoms with Crippen LogP contribution in [0.1, 0.15) is 19.0 Å². The SMILES string of the molecule is CCc1ncnc(N(C)C2CCNC2)c1F. The number of anilines is 1. The van der Waals surface area contributed by atoms with E-state index in [0.29, 0.717) is 24.0 Å². The van der Waals surface area contributed by atoms with E-state index in [4.69, 9.17) is 0 Å². The smallest absolute Gasteiger partial charge is 0.187 e. The van der Waals surface area contributed by atoms with Gasteiger partial charge < -0.3 is 10.2 Å². The van der Waals surface area contributed by atoms with Crippen LogP contribution >= 0.6 is 0 Å². The molecule has 0 spiro atoms. The van der Waals surface area contributed by atoms with Gasteiger partial charge in [0.05, 0.1) is 5.69 Å².